The Labute approximate surface area is 163 Å². The Morgan fingerprint density at radius 3 is 2.74 bits per heavy atom. The first kappa shape index (κ1) is 19.0. The molecule has 6 atom stereocenters. The summed E-state index contributed by atoms with van der Waals surface area (Å²) in [5.41, 5.74) is 2.75. The first-order valence-corrected chi connectivity index (χ1v) is 11.0. The van der Waals surface area contributed by atoms with Crippen LogP contribution in [0, 0.1) is 29.1 Å². The van der Waals surface area contributed by atoms with E-state index in [4.69, 9.17) is 4.74 Å². The van der Waals surface area contributed by atoms with E-state index in [-0.39, 0.29) is 17.0 Å². The highest BCUT2D eigenvalue weighted by Crippen LogP contribution is 2.63. The normalized spacial score (nSPS) is 43.2. The van der Waals surface area contributed by atoms with E-state index in [0.29, 0.717) is 42.3 Å². The van der Waals surface area contributed by atoms with Crippen LogP contribution in [0.3, 0.4) is 0 Å². The summed E-state index contributed by atoms with van der Waals surface area (Å²) in [4.78, 5) is 24.1. The molecule has 0 heterocycles. The van der Waals surface area contributed by atoms with Crippen molar-refractivity contribution in [2.75, 3.05) is 0 Å². The quantitative estimate of drug-likeness (QED) is 0.494. The fourth-order valence-electron chi connectivity index (χ4n) is 6.80. The highest BCUT2D eigenvalue weighted by molar-refractivity contribution is 5.92. The van der Waals surface area contributed by atoms with Crippen LogP contribution in [-0.2, 0) is 14.3 Å². The minimum Gasteiger partial charge on any atom is -0.459 e. The van der Waals surface area contributed by atoms with Gasteiger partial charge in [0, 0.05) is 24.2 Å². The molecule has 4 rings (SSSR count). The molecule has 0 spiro atoms. The van der Waals surface area contributed by atoms with E-state index in [1.165, 1.54) is 5.57 Å². The van der Waals surface area contributed by atoms with E-state index >= 15 is 0 Å². The number of ether oxygens (including phenoxy) is 1. The molecule has 0 aromatic heterocycles. The zero-order valence-corrected chi connectivity index (χ0v) is 17.3. The van der Waals surface area contributed by atoms with Gasteiger partial charge in [-0.05, 0) is 62.9 Å². The van der Waals surface area contributed by atoms with Crippen LogP contribution in [0.1, 0.15) is 79.1 Å². The smallest absolute Gasteiger partial charge is 0.306 e. The van der Waals surface area contributed by atoms with E-state index in [1.807, 2.05) is 13.0 Å². The lowest BCUT2D eigenvalue weighted by molar-refractivity contribution is -0.162. The molecule has 0 saturated heterocycles. The molecule has 0 aliphatic heterocycles. The monoisotopic (exact) mass is 370 g/mol. The Hall–Kier alpha value is -1.38. The molecule has 0 aromatic rings. The molecule has 2 fully saturated rings. The number of hydrogen-bond acceptors (Lipinski definition) is 3. The van der Waals surface area contributed by atoms with Crippen LogP contribution in [0.15, 0.2) is 23.3 Å². The molecule has 148 valence electrons. The first-order valence-electron chi connectivity index (χ1n) is 11.0. The van der Waals surface area contributed by atoms with Crippen LogP contribution in [-0.4, -0.2) is 17.4 Å². The predicted molar refractivity (Wildman–Crippen MR) is 106 cm³/mol. The van der Waals surface area contributed by atoms with Gasteiger partial charge in [0.1, 0.15) is 5.60 Å². The van der Waals surface area contributed by atoms with Crippen LogP contribution < -0.4 is 0 Å². The standard InChI is InChI=1S/C24H34O3/c1-5-15-13-16-14-17(25)9-11-23(16,3)20-8-7-19-18(22(15)20)10-12-24(19,4)27-21(26)6-2/h8,14-15,18-19,22H,5-7,9-13H2,1-4H3/t15-,18?,19+,22?,23+,24+/m1/s1. The molecule has 4 aliphatic rings. The predicted octanol–water partition coefficient (Wildman–Crippen LogP) is 5.40. The Morgan fingerprint density at radius 2 is 2.04 bits per heavy atom. The number of carbonyl (C=O) groups is 2. The Bertz CT molecular complexity index is 717. The zero-order valence-electron chi connectivity index (χ0n) is 17.3. The number of fused-ring (bicyclic) bond motifs is 5. The Kier molecular flexibility index (Phi) is 4.63. The number of ketones is 1. The highest BCUT2D eigenvalue weighted by Gasteiger charge is 2.57. The summed E-state index contributed by atoms with van der Waals surface area (Å²) in [6.45, 7) is 8.72. The van der Waals surface area contributed by atoms with Crippen molar-refractivity contribution in [3.05, 3.63) is 23.3 Å². The molecule has 0 bridgehead atoms. The second-order valence-corrected chi connectivity index (χ2v) is 9.71. The third-order valence-electron chi connectivity index (χ3n) is 8.39. The molecular weight excluding hydrogens is 336 g/mol. The molecular formula is C24H34O3. The lowest BCUT2D eigenvalue weighted by Crippen LogP contribution is -2.47. The molecule has 2 saturated carbocycles. The number of carbonyl (C=O) groups excluding carboxylic acids is 2. The van der Waals surface area contributed by atoms with Crippen LogP contribution in [0.5, 0.6) is 0 Å². The largest absolute Gasteiger partial charge is 0.459 e. The van der Waals surface area contributed by atoms with Gasteiger partial charge in [0.05, 0.1) is 0 Å². The van der Waals surface area contributed by atoms with Crippen LogP contribution >= 0.6 is 0 Å². The minimum absolute atomic E-state index is 0.0633. The maximum absolute atomic E-state index is 12.1. The number of allylic oxidation sites excluding steroid dienone is 4. The van der Waals surface area contributed by atoms with E-state index in [0.717, 1.165) is 38.5 Å². The van der Waals surface area contributed by atoms with Crippen molar-refractivity contribution >= 4 is 11.8 Å². The van der Waals surface area contributed by atoms with E-state index in [1.54, 1.807) is 5.57 Å². The van der Waals surface area contributed by atoms with Crippen molar-refractivity contribution in [2.45, 2.75) is 84.7 Å². The second-order valence-electron chi connectivity index (χ2n) is 9.71. The summed E-state index contributed by atoms with van der Waals surface area (Å²) in [7, 11) is 0. The first-order chi connectivity index (χ1) is 12.8. The lowest BCUT2D eigenvalue weighted by Gasteiger charge is -2.54. The summed E-state index contributed by atoms with van der Waals surface area (Å²) in [5, 5.41) is 0. The number of rotatable bonds is 3. The van der Waals surface area contributed by atoms with E-state index < -0.39 is 0 Å². The maximum atomic E-state index is 12.1. The summed E-state index contributed by atoms with van der Waals surface area (Å²) >= 11 is 0. The van der Waals surface area contributed by atoms with Gasteiger partial charge in [0.15, 0.2) is 5.78 Å². The molecule has 3 nitrogen and oxygen atoms in total. The second kappa shape index (κ2) is 6.60. The Morgan fingerprint density at radius 1 is 1.26 bits per heavy atom. The summed E-state index contributed by atoms with van der Waals surface area (Å²) < 4.78 is 5.99. The van der Waals surface area contributed by atoms with E-state index in [2.05, 4.69) is 26.8 Å². The van der Waals surface area contributed by atoms with Gasteiger partial charge in [-0.1, -0.05) is 44.4 Å². The SMILES string of the molecule is CCC(=O)O[C@@]1(C)CCC2C3C(=CC[C@@H]21)[C@@]1(C)CCC(=O)C=C1C[C@H]3CC. The van der Waals surface area contributed by atoms with Crippen molar-refractivity contribution in [3.63, 3.8) is 0 Å². The average Bonchev–Trinajstić information content (AvgIpc) is 2.98. The van der Waals surface area contributed by atoms with Gasteiger partial charge >= 0.3 is 5.97 Å². The zero-order chi connectivity index (χ0) is 19.4. The van der Waals surface area contributed by atoms with Crippen LogP contribution in [0.25, 0.3) is 0 Å². The van der Waals surface area contributed by atoms with Crippen molar-refractivity contribution in [2.24, 2.45) is 29.1 Å². The topological polar surface area (TPSA) is 43.4 Å². The molecule has 27 heavy (non-hydrogen) atoms. The molecule has 0 N–H and O–H groups in total. The molecule has 0 aromatic carbocycles. The summed E-state index contributed by atoms with van der Waals surface area (Å²) in [6, 6.07) is 0. The summed E-state index contributed by atoms with van der Waals surface area (Å²) in [6.07, 6.45) is 11.9. The third kappa shape index (κ3) is 2.84. The van der Waals surface area contributed by atoms with Crippen LogP contribution in [0.2, 0.25) is 0 Å². The van der Waals surface area contributed by atoms with Gasteiger partial charge in [-0.15, -0.1) is 0 Å². The molecule has 0 amide bonds. The van der Waals surface area contributed by atoms with Crippen LogP contribution in [0.4, 0.5) is 0 Å². The molecule has 2 unspecified atom stereocenters. The average molecular weight is 371 g/mol. The van der Waals surface area contributed by atoms with Crippen molar-refractivity contribution in [1.82, 2.24) is 0 Å². The van der Waals surface area contributed by atoms with Gasteiger partial charge in [-0.3, -0.25) is 9.59 Å². The van der Waals surface area contributed by atoms with Crippen molar-refractivity contribution in [1.29, 1.82) is 0 Å². The molecule has 0 radical (unpaired) electrons. The Balaban J connectivity index is 1.71. The maximum Gasteiger partial charge on any atom is 0.306 e. The fourth-order valence-corrected chi connectivity index (χ4v) is 6.80. The van der Waals surface area contributed by atoms with Gasteiger partial charge in [0.2, 0.25) is 0 Å². The summed E-state index contributed by atoms with van der Waals surface area (Å²) in [5.74, 6) is 2.50. The van der Waals surface area contributed by atoms with Gasteiger partial charge in [-0.25, -0.2) is 0 Å². The van der Waals surface area contributed by atoms with Crippen molar-refractivity contribution < 1.29 is 14.3 Å². The fraction of sp³-hybridized carbons (Fsp3) is 0.750. The third-order valence-corrected chi connectivity index (χ3v) is 8.39. The van der Waals surface area contributed by atoms with Gasteiger partial charge < -0.3 is 4.74 Å². The lowest BCUT2D eigenvalue weighted by atomic mass is 9.51. The van der Waals surface area contributed by atoms with E-state index in [9.17, 15) is 9.59 Å². The molecule has 4 aliphatic carbocycles. The number of esters is 1. The minimum atomic E-state index is -0.308. The van der Waals surface area contributed by atoms with Gasteiger partial charge in [0.25, 0.3) is 0 Å². The van der Waals surface area contributed by atoms with Gasteiger partial charge in [-0.2, -0.15) is 0 Å². The molecule has 3 heteroatoms. The van der Waals surface area contributed by atoms with Crippen molar-refractivity contribution in [3.8, 4) is 0 Å². The highest BCUT2D eigenvalue weighted by atomic mass is 16.6. The number of hydrogen-bond donors (Lipinski definition) is 0.